The van der Waals surface area contributed by atoms with Gasteiger partial charge in [-0.25, -0.2) is 5.43 Å². The maximum atomic E-state index is 11.7. The van der Waals surface area contributed by atoms with E-state index < -0.39 is 0 Å². The number of nitrogens with zero attached hydrogens (tertiary/aromatic N) is 1. The first-order valence-corrected chi connectivity index (χ1v) is 7.41. The number of carbonyl (C=O) groups is 1. The van der Waals surface area contributed by atoms with Gasteiger partial charge in [0.05, 0.1) is 14.1 Å². The summed E-state index contributed by atoms with van der Waals surface area (Å²) in [6, 6.07) is 8.24. The standard InChI is InChI=1S/C12H8ClIN2O2S/c13-11-4-2-8(19-11)6-15-16-12(18)7-1-3-9(14)10(17)5-7/h1-6,17H,(H,16,18)/b15-6+. The van der Waals surface area contributed by atoms with Crippen molar-refractivity contribution in [3.63, 3.8) is 0 Å². The molecule has 0 aliphatic carbocycles. The van der Waals surface area contributed by atoms with Gasteiger partial charge in [-0.05, 0) is 52.9 Å². The topological polar surface area (TPSA) is 61.7 Å². The van der Waals surface area contributed by atoms with Gasteiger partial charge in [0.25, 0.3) is 5.91 Å². The average Bonchev–Trinajstić information content (AvgIpc) is 2.78. The Balaban J connectivity index is 2.01. The van der Waals surface area contributed by atoms with Gasteiger partial charge in [0.2, 0.25) is 0 Å². The Hall–Kier alpha value is -1.12. The van der Waals surface area contributed by atoms with E-state index in [0.717, 1.165) is 4.88 Å². The second-order valence-corrected chi connectivity index (χ2v) is 6.42. The molecule has 1 aromatic carbocycles. The number of halogens is 2. The minimum Gasteiger partial charge on any atom is -0.507 e. The van der Waals surface area contributed by atoms with Crippen LogP contribution in [0.2, 0.25) is 4.34 Å². The number of aromatic hydroxyl groups is 1. The number of phenolic OH excluding ortho intramolecular Hbond substituents is 1. The lowest BCUT2D eigenvalue weighted by Gasteiger charge is -2.01. The molecule has 4 nitrogen and oxygen atoms in total. The predicted octanol–water partition coefficient (Wildman–Crippen LogP) is 3.48. The van der Waals surface area contributed by atoms with Crippen LogP contribution in [-0.2, 0) is 0 Å². The number of hydrogen-bond donors (Lipinski definition) is 2. The fourth-order valence-electron chi connectivity index (χ4n) is 1.27. The number of hydrogen-bond acceptors (Lipinski definition) is 4. The maximum absolute atomic E-state index is 11.7. The Labute approximate surface area is 132 Å². The van der Waals surface area contributed by atoms with Crippen molar-refractivity contribution in [2.24, 2.45) is 5.10 Å². The summed E-state index contributed by atoms with van der Waals surface area (Å²) in [6.45, 7) is 0. The second kappa shape index (κ2) is 6.36. The van der Waals surface area contributed by atoms with Crippen LogP contribution < -0.4 is 5.43 Å². The molecular weight excluding hydrogens is 399 g/mol. The first kappa shape index (κ1) is 14.3. The Morgan fingerprint density at radius 3 is 2.84 bits per heavy atom. The van der Waals surface area contributed by atoms with Crippen LogP contribution in [-0.4, -0.2) is 17.2 Å². The van der Waals surface area contributed by atoms with E-state index in [1.165, 1.54) is 23.6 Å². The van der Waals surface area contributed by atoms with Crippen molar-refractivity contribution >= 4 is 57.7 Å². The zero-order valence-electron chi connectivity index (χ0n) is 9.43. The van der Waals surface area contributed by atoms with Gasteiger partial charge >= 0.3 is 0 Å². The summed E-state index contributed by atoms with van der Waals surface area (Å²) in [4.78, 5) is 12.6. The highest BCUT2D eigenvalue weighted by Crippen LogP contribution is 2.21. The molecule has 0 saturated heterocycles. The number of thiophene rings is 1. The summed E-state index contributed by atoms with van der Waals surface area (Å²) in [5, 5.41) is 13.3. The van der Waals surface area contributed by atoms with Crippen molar-refractivity contribution in [2.45, 2.75) is 0 Å². The fraction of sp³-hybridized carbons (Fsp3) is 0. The van der Waals surface area contributed by atoms with E-state index >= 15 is 0 Å². The summed E-state index contributed by atoms with van der Waals surface area (Å²) < 4.78 is 1.35. The van der Waals surface area contributed by atoms with Crippen molar-refractivity contribution in [2.75, 3.05) is 0 Å². The summed E-state index contributed by atoms with van der Waals surface area (Å²) >= 11 is 9.12. The smallest absolute Gasteiger partial charge is 0.271 e. The largest absolute Gasteiger partial charge is 0.507 e. The zero-order valence-corrected chi connectivity index (χ0v) is 13.2. The molecular formula is C12H8ClIN2O2S. The quantitative estimate of drug-likeness (QED) is 0.466. The summed E-state index contributed by atoms with van der Waals surface area (Å²) in [5.74, 6) is -0.312. The molecule has 0 fully saturated rings. The minimum absolute atomic E-state index is 0.0715. The molecule has 1 aromatic heterocycles. The van der Waals surface area contributed by atoms with E-state index in [0.29, 0.717) is 13.5 Å². The molecule has 0 aliphatic heterocycles. The Kier molecular flexibility index (Phi) is 4.78. The third kappa shape index (κ3) is 3.92. The molecule has 7 heteroatoms. The van der Waals surface area contributed by atoms with E-state index in [1.54, 1.807) is 24.3 Å². The van der Waals surface area contributed by atoms with E-state index in [9.17, 15) is 9.90 Å². The molecule has 0 radical (unpaired) electrons. The van der Waals surface area contributed by atoms with Gasteiger partial charge in [-0.2, -0.15) is 5.10 Å². The number of rotatable bonds is 3. The first-order valence-electron chi connectivity index (χ1n) is 5.13. The normalized spacial score (nSPS) is 10.8. The first-order chi connectivity index (χ1) is 9.06. The molecule has 1 amide bonds. The van der Waals surface area contributed by atoms with Crippen molar-refractivity contribution in [3.05, 3.63) is 48.7 Å². The van der Waals surface area contributed by atoms with Gasteiger partial charge in [-0.15, -0.1) is 11.3 Å². The number of benzene rings is 1. The molecule has 2 rings (SSSR count). The zero-order chi connectivity index (χ0) is 13.8. The average molecular weight is 407 g/mol. The summed E-state index contributed by atoms with van der Waals surface area (Å²) in [7, 11) is 0. The number of hydrazone groups is 1. The van der Waals surface area contributed by atoms with Crippen molar-refractivity contribution < 1.29 is 9.90 Å². The number of nitrogens with one attached hydrogen (secondary N) is 1. The Morgan fingerprint density at radius 1 is 1.42 bits per heavy atom. The van der Waals surface area contributed by atoms with Crippen LogP contribution in [0.1, 0.15) is 15.2 Å². The lowest BCUT2D eigenvalue weighted by atomic mass is 10.2. The van der Waals surface area contributed by atoms with Crippen LogP contribution in [0.5, 0.6) is 5.75 Å². The van der Waals surface area contributed by atoms with E-state index in [2.05, 4.69) is 10.5 Å². The van der Waals surface area contributed by atoms with Crippen LogP contribution in [0, 0.1) is 3.57 Å². The monoisotopic (exact) mass is 406 g/mol. The SMILES string of the molecule is O=C(N/N=C/c1ccc(Cl)s1)c1ccc(I)c(O)c1. The molecule has 2 aromatic rings. The summed E-state index contributed by atoms with van der Waals surface area (Å²) in [5.41, 5.74) is 2.73. The molecule has 0 saturated carbocycles. The molecule has 0 bridgehead atoms. The van der Waals surface area contributed by atoms with Crippen LogP contribution in [0.25, 0.3) is 0 Å². The van der Waals surface area contributed by atoms with E-state index in [4.69, 9.17) is 11.6 Å². The number of carbonyl (C=O) groups excluding carboxylic acids is 1. The van der Waals surface area contributed by atoms with Gasteiger partial charge < -0.3 is 5.11 Å². The van der Waals surface area contributed by atoms with Crippen molar-refractivity contribution in [3.8, 4) is 5.75 Å². The molecule has 0 spiro atoms. The van der Waals surface area contributed by atoms with Crippen molar-refractivity contribution in [1.82, 2.24) is 5.43 Å². The van der Waals surface area contributed by atoms with E-state index in [1.807, 2.05) is 22.6 Å². The molecule has 0 unspecified atom stereocenters. The molecule has 19 heavy (non-hydrogen) atoms. The summed E-state index contributed by atoms with van der Waals surface area (Å²) in [6.07, 6.45) is 1.51. The van der Waals surface area contributed by atoms with Gasteiger partial charge in [-0.3, -0.25) is 4.79 Å². The Morgan fingerprint density at radius 2 is 2.21 bits per heavy atom. The molecule has 0 aliphatic rings. The third-order valence-corrected chi connectivity index (χ3v) is 4.24. The number of amides is 1. The number of phenols is 1. The predicted molar refractivity (Wildman–Crippen MR) is 85.2 cm³/mol. The fourth-order valence-corrected chi connectivity index (χ4v) is 2.54. The van der Waals surface area contributed by atoms with Crippen LogP contribution in [0.15, 0.2) is 35.4 Å². The highest BCUT2D eigenvalue weighted by molar-refractivity contribution is 14.1. The minimum atomic E-state index is -0.384. The lowest BCUT2D eigenvalue weighted by Crippen LogP contribution is -2.17. The van der Waals surface area contributed by atoms with Crippen LogP contribution >= 0.6 is 45.5 Å². The molecule has 2 N–H and O–H groups in total. The van der Waals surface area contributed by atoms with Crippen LogP contribution in [0.3, 0.4) is 0 Å². The lowest BCUT2D eigenvalue weighted by molar-refractivity contribution is 0.0954. The van der Waals surface area contributed by atoms with Gasteiger partial charge in [-0.1, -0.05) is 11.6 Å². The highest BCUT2D eigenvalue weighted by atomic mass is 127. The van der Waals surface area contributed by atoms with Crippen molar-refractivity contribution in [1.29, 1.82) is 0 Å². The van der Waals surface area contributed by atoms with Gasteiger partial charge in [0, 0.05) is 10.4 Å². The van der Waals surface area contributed by atoms with Gasteiger partial charge in [0.1, 0.15) is 5.75 Å². The molecule has 1 heterocycles. The highest BCUT2D eigenvalue weighted by Gasteiger charge is 2.07. The van der Waals surface area contributed by atoms with Gasteiger partial charge in [0.15, 0.2) is 0 Å². The molecule has 0 atom stereocenters. The third-order valence-electron chi connectivity index (χ3n) is 2.16. The maximum Gasteiger partial charge on any atom is 0.271 e. The second-order valence-electron chi connectivity index (χ2n) is 3.51. The molecule has 98 valence electrons. The Bertz CT molecular complexity index is 642. The van der Waals surface area contributed by atoms with E-state index in [-0.39, 0.29) is 11.7 Å². The van der Waals surface area contributed by atoms with Crippen LogP contribution in [0.4, 0.5) is 0 Å².